The topological polar surface area (TPSA) is 108 Å². The van der Waals surface area contributed by atoms with Crippen LogP contribution in [0.5, 0.6) is 5.75 Å². The van der Waals surface area contributed by atoms with Gasteiger partial charge in [0.2, 0.25) is 17.7 Å². The summed E-state index contributed by atoms with van der Waals surface area (Å²) in [5.74, 6) is -2.42. The van der Waals surface area contributed by atoms with E-state index >= 15 is 0 Å². The fourth-order valence-corrected chi connectivity index (χ4v) is 5.82. The molecule has 33 heavy (non-hydrogen) atoms. The number of hydrogen-bond acceptors (Lipinski definition) is 6. The summed E-state index contributed by atoms with van der Waals surface area (Å²) in [6.45, 7) is 5.44. The van der Waals surface area contributed by atoms with Crippen molar-refractivity contribution in [3.63, 3.8) is 0 Å². The summed E-state index contributed by atoms with van der Waals surface area (Å²) in [6, 6.07) is 10.3. The Balaban J connectivity index is 1.63. The van der Waals surface area contributed by atoms with E-state index in [9.17, 15) is 19.5 Å². The Morgan fingerprint density at radius 2 is 1.88 bits per heavy atom. The predicted molar refractivity (Wildman–Crippen MR) is 120 cm³/mol. The molecule has 5 rings (SSSR count). The van der Waals surface area contributed by atoms with Crippen LogP contribution in [0, 0.1) is 25.7 Å². The van der Waals surface area contributed by atoms with Gasteiger partial charge in [0.25, 0.3) is 0 Å². The number of rotatable bonds is 4. The number of amides is 3. The maximum Gasteiger partial charge on any atom is 0.250 e. The highest BCUT2D eigenvalue weighted by Crippen LogP contribution is 2.54. The highest BCUT2D eigenvalue weighted by Gasteiger charge is 2.71. The van der Waals surface area contributed by atoms with Gasteiger partial charge in [0.05, 0.1) is 31.6 Å². The molecule has 8 heteroatoms. The van der Waals surface area contributed by atoms with Gasteiger partial charge in [0, 0.05) is 22.9 Å². The highest BCUT2D eigenvalue weighted by molar-refractivity contribution is 6.15. The largest absolute Gasteiger partial charge is 0.496 e. The number of aliphatic hydroxyl groups is 1. The Labute approximate surface area is 191 Å². The normalized spacial score (nSPS) is 28.8. The average molecular weight is 450 g/mol. The molecule has 0 aromatic heterocycles. The van der Waals surface area contributed by atoms with Gasteiger partial charge in [0.1, 0.15) is 11.3 Å². The summed E-state index contributed by atoms with van der Waals surface area (Å²) in [6.07, 6.45) is -0.942. The summed E-state index contributed by atoms with van der Waals surface area (Å²) < 4.78 is 5.40. The number of ether oxygens (including phenoxy) is 1. The molecule has 0 unspecified atom stereocenters. The molecule has 172 valence electrons. The number of para-hydroxylation sites is 1. The van der Waals surface area contributed by atoms with Crippen LogP contribution in [0.3, 0.4) is 0 Å². The van der Waals surface area contributed by atoms with Crippen molar-refractivity contribution in [3.05, 3.63) is 58.7 Å². The first-order valence-electron chi connectivity index (χ1n) is 11.1. The molecule has 0 aliphatic carbocycles. The Kier molecular flexibility index (Phi) is 4.84. The van der Waals surface area contributed by atoms with Crippen molar-refractivity contribution >= 4 is 23.4 Å². The molecule has 3 aliphatic heterocycles. The number of nitrogens with one attached hydrogen (secondary N) is 2. The van der Waals surface area contributed by atoms with Crippen LogP contribution in [0.15, 0.2) is 36.4 Å². The number of aliphatic hydroxyl groups excluding tert-OH is 1. The summed E-state index contributed by atoms with van der Waals surface area (Å²) in [5, 5.41) is 16.7. The Bertz CT molecular complexity index is 1190. The zero-order valence-electron chi connectivity index (χ0n) is 19.0. The van der Waals surface area contributed by atoms with Gasteiger partial charge in [-0.3, -0.25) is 24.6 Å². The minimum absolute atomic E-state index is 0.0403. The number of hydrogen-bond donors (Lipinski definition) is 3. The molecule has 3 N–H and O–H groups in total. The third-order valence-electron chi connectivity index (χ3n) is 7.23. The molecule has 0 saturated carbocycles. The van der Waals surface area contributed by atoms with Gasteiger partial charge in [-0.05, 0) is 32.4 Å². The molecular weight excluding hydrogens is 422 g/mol. The number of anilines is 1. The quantitative estimate of drug-likeness (QED) is 0.612. The number of likely N-dealkylation sites (tertiary alicyclic amines) is 1. The van der Waals surface area contributed by atoms with Crippen molar-refractivity contribution in [2.45, 2.75) is 45.0 Å². The lowest BCUT2D eigenvalue weighted by molar-refractivity contribution is -0.143. The molecule has 3 aliphatic rings. The van der Waals surface area contributed by atoms with Gasteiger partial charge in [-0.1, -0.05) is 35.9 Å². The first kappa shape index (κ1) is 21.6. The van der Waals surface area contributed by atoms with E-state index in [0.29, 0.717) is 22.6 Å². The lowest BCUT2D eigenvalue weighted by atomic mass is 9.75. The van der Waals surface area contributed by atoms with Gasteiger partial charge in [-0.15, -0.1) is 0 Å². The fourth-order valence-electron chi connectivity index (χ4n) is 5.82. The van der Waals surface area contributed by atoms with Crippen molar-refractivity contribution in [2.24, 2.45) is 11.8 Å². The van der Waals surface area contributed by atoms with Gasteiger partial charge in [-0.25, -0.2) is 0 Å². The SMILES string of the molecule is COc1ccccc1CN1C(=O)[C@@H]2[C@@H]([C@@H](C)O)N[C@@]3(C(=O)Nc4c(C)cc(C)cc43)[C@H]2C1=O. The molecule has 8 nitrogen and oxygen atoms in total. The highest BCUT2D eigenvalue weighted by atomic mass is 16.5. The monoisotopic (exact) mass is 449 g/mol. The van der Waals surface area contributed by atoms with Gasteiger partial charge < -0.3 is 15.2 Å². The second-order valence-electron chi connectivity index (χ2n) is 9.26. The number of carbonyl (C=O) groups is 3. The van der Waals surface area contributed by atoms with Crippen LogP contribution in [-0.4, -0.2) is 47.0 Å². The van der Waals surface area contributed by atoms with Gasteiger partial charge in [0.15, 0.2) is 0 Å². The number of methoxy groups -OCH3 is 1. The molecule has 3 amide bonds. The Morgan fingerprint density at radius 3 is 2.58 bits per heavy atom. The van der Waals surface area contributed by atoms with E-state index < -0.39 is 41.3 Å². The van der Waals surface area contributed by atoms with E-state index in [1.807, 2.05) is 38.1 Å². The minimum Gasteiger partial charge on any atom is -0.496 e. The molecule has 2 saturated heterocycles. The fraction of sp³-hybridized carbons (Fsp3) is 0.400. The smallest absolute Gasteiger partial charge is 0.250 e. The third kappa shape index (κ3) is 2.87. The van der Waals surface area contributed by atoms with Crippen molar-refractivity contribution in [1.82, 2.24) is 10.2 Å². The van der Waals surface area contributed by atoms with E-state index in [4.69, 9.17) is 4.74 Å². The van der Waals surface area contributed by atoms with E-state index in [1.165, 1.54) is 12.0 Å². The average Bonchev–Trinajstić information content (AvgIpc) is 3.36. The predicted octanol–water partition coefficient (Wildman–Crippen LogP) is 1.61. The third-order valence-corrected chi connectivity index (χ3v) is 7.23. The van der Waals surface area contributed by atoms with Crippen molar-refractivity contribution in [1.29, 1.82) is 0 Å². The van der Waals surface area contributed by atoms with Crippen LogP contribution in [0.2, 0.25) is 0 Å². The second kappa shape index (κ2) is 7.40. The van der Waals surface area contributed by atoms with E-state index in [1.54, 1.807) is 19.1 Å². The minimum atomic E-state index is -1.42. The van der Waals surface area contributed by atoms with Crippen molar-refractivity contribution in [3.8, 4) is 5.75 Å². The van der Waals surface area contributed by atoms with Gasteiger partial charge in [-0.2, -0.15) is 0 Å². The molecular formula is C25H27N3O5. The van der Waals surface area contributed by atoms with Crippen LogP contribution in [-0.2, 0) is 26.5 Å². The zero-order chi connectivity index (χ0) is 23.7. The number of imide groups is 1. The van der Waals surface area contributed by atoms with E-state index in [0.717, 1.165) is 11.1 Å². The van der Waals surface area contributed by atoms with Crippen molar-refractivity contribution < 1.29 is 24.2 Å². The van der Waals surface area contributed by atoms with Crippen LogP contribution in [0.1, 0.15) is 29.2 Å². The lowest BCUT2D eigenvalue weighted by Gasteiger charge is -2.30. The maximum atomic E-state index is 13.8. The molecule has 1 spiro atoms. The second-order valence-corrected chi connectivity index (χ2v) is 9.26. The molecule has 3 heterocycles. The standard InChI is InChI=1S/C25H27N3O5/c1-12-9-13(2)20-16(10-12)25(24(32)26-20)19-18(21(27-25)14(3)29)22(30)28(23(19)31)11-15-7-5-6-8-17(15)33-4/h5-10,14,18-19,21,27,29H,11H2,1-4H3,(H,26,32)/t14-,18+,19-,21-,25-/m1/s1. The van der Waals surface area contributed by atoms with E-state index in [2.05, 4.69) is 10.6 Å². The molecule has 0 radical (unpaired) electrons. The number of fused-ring (bicyclic) bond motifs is 4. The van der Waals surface area contributed by atoms with Gasteiger partial charge >= 0.3 is 0 Å². The number of aryl methyl sites for hydroxylation is 2. The van der Waals surface area contributed by atoms with Crippen molar-refractivity contribution in [2.75, 3.05) is 12.4 Å². The molecule has 2 fully saturated rings. The summed E-state index contributed by atoms with van der Waals surface area (Å²) >= 11 is 0. The molecule has 2 aromatic rings. The number of nitrogens with zero attached hydrogens (tertiary/aromatic N) is 1. The van der Waals surface area contributed by atoms with Crippen LogP contribution in [0.25, 0.3) is 0 Å². The van der Waals surface area contributed by atoms with Crippen LogP contribution in [0.4, 0.5) is 5.69 Å². The van der Waals surface area contributed by atoms with Crippen LogP contribution >= 0.6 is 0 Å². The zero-order valence-corrected chi connectivity index (χ0v) is 19.0. The Hall–Kier alpha value is -3.23. The molecule has 0 bridgehead atoms. The lowest BCUT2D eigenvalue weighted by Crippen LogP contribution is -2.54. The molecule has 5 atom stereocenters. The first-order valence-corrected chi connectivity index (χ1v) is 11.1. The number of benzene rings is 2. The van der Waals surface area contributed by atoms with E-state index in [-0.39, 0.29) is 12.5 Å². The maximum absolute atomic E-state index is 13.8. The molecule has 2 aromatic carbocycles. The number of carbonyl (C=O) groups excluding carboxylic acids is 3. The summed E-state index contributed by atoms with van der Waals surface area (Å²) in [5.41, 5.74) is 2.43. The first-order chi connectivity index (χ1) is 15.7. The van der Waals surface area contributed by atoms with Crippen LogP contribution < -0.4 is 15.4 Å². The summed E-state index contributed by atoms with van der Waals surface area (Å²) in [7, 11) is 1.54. The Morgan fingerprint density at radius 1 is 1.15 bits per heavy atom. The summed E-state index contributed by atoms with van der Waals surface area (Å²) in [4.78, 5) is 42.1.